The highest BCUT2D eigenvalue weighted by Crippen LogP contribution is 2.48. The van der Waals surface area contributed by atoms with Crippen LogP contribution in [-0.4, -0.2) is 68.2 Å². The van der Waals surface area contributed by atoms with Gasteiger partial charge in [0, 0.05) is 5.56 Å². The fraction of sp³-hybridized carbons (Fsp3) is 0.696. The van der Waals surface area contributed by atoms with E-state index in [4.69, 9.17) is 23.4 Å². The van der Waals surface area contributed by atoms with E-state index in [1.165, 1.54) is 0 Å². The molecule has 0 aliphatic carbocycles. The van der Waals surface area contributed by atoms with Gasteiger partial charge >= 0.3 is 0 Å². The van der Waals surface area contributed by atoms with Crippen molar-refractivity contribution in [3.8, 4) is 0 Å². The molecule has 3 aliphatic heterocycles. The normalized spacial score (nSPS) is 36.1. The lowest BCUT2D eigenvalue weighted by molar-refractivity contribution is -0.214. The summed E-state index contributed by atoms with van der Waals surface area (Å²) in [5.74, 6) is -1.15. The van der Waals surface area contributed by atoms with Crippen molar-refractivity contribution in [2.24, 2.45) is 0 Å². The SMILES string of the molecule is CC1(C)O[C@H]2O[C@H]3[C@H](OC(O)[C@@]3(CO[Si](C)(C)C(C)(C)C)NC(=O)c3ccccc3)[C@H]2O1. The molecule has 0 aromatic heterocycles. The Balaban J connectivity index is 1.64. The number of carbonyl (C=O) groups excluding carboxylic acids is 1. The van der Waals surface area contributed by atoms with E-state index in [9.17, 15) is 9.90 Å². The molecule has 8 nitrogen and oxygen atoms in total. The molecule has 3 heterocycles. The predicted molar refractivity (Wildman–Crippen MR) is 119 cm³/mol. The fourth-order valence-corrected chi connectivity index (χ4v) is 5.20. The van der Waals surface area contributed by atoms with Crippen molar-refractivity contribution in [3.63, 3.8) is 0 Å². The minimum absolute atomic E-state index is 0.0488. The zero-order valence-electron chi connectivity index (χ0n) is 19.9. The van der Waals surface area contributed by atoms with Crippen molar-refractivity contribution in [3.05, 3.63) is 35.9 Å². The third-order valence-electron chi connectivity index (χ3n) is 7.09. The average Bonchev–Trinajstić information content (AvgIpc) is 3.26. The second kappa shape index (κ2) is 7.87. The molecule has 3 saturated heterocycles. The first-order valence-corrected chi connectivity index (χ1v) is 14.0. The number of ether oxygens (including phenoxy) is 4. The van der Waals surface area contributed by atoms with Crippen LogP contribution in [0.15, 0.2) is 30.3 Å². The van der Waals surface area contributed by atoms with E-state index >= 15 is 0 Å². The van der Waals surface area contributed by atoms with E-state index in [1.807, 2.05) is 6.07 Å². The topological polar surface area (TPSA) is 95.5 Å². The first kappa shape index (κ1) is 23.8. The van der Waals surface area contributed by atoms with Crippen molar-refractivity contribution in [1.82, 2.24) is 5.32 Å². The third kappa shape index (κ3) is 4.04. The monoisotopic (exact) mass is 465 g/mol. The van der Waals surface area contributed by atoms with Crippen molar-refractivity contribution in [2.45, 2.75) is 95.0 Å². The first-order chi connectivity index (χ1) is 14.8. The lowest BCUT2D eigenvalue weighted by Gasteiger charge is -2.42. The number of rotatable bonds is 5. The summed E-state index contributed by atoms with van der Waals surface area (Å²) in [4.78, 5) is 13.2. The fourth-order valence-electron chi connectivity index (χ4n) is 4.17. The molecule has 32 heavy (non-hydrogen) atoms. The highest BCUT2D eigenvalue weighted by atomic mass is 28.4. The van der Waals surface area contributed by atoms with Crippen LogP contribution in [0.1, 0.15) is 45.0 Å². The molecule has 1 unspecified atom stereocenters. The maximum absolute atomic E-state index is 13.2. The van der Waals surface area contributed by atoms with Crippen LogP contribution in [0.2, 0.25) is 18.1 Å². The third-order valence-corrected chi connectivity index (χ3v) is 11.6. The van der Waals surface area contributed by atoms with Crippen LogP contribution >= 0.6 is 0 Å². The van der Waals surface area contributed by atoms with E-state index in [-0.39, 0.29) is 17.6 Å². The van der Waals surface area contributed by atoms with Gasteiger partial charge in [-0.25, -0.2) is 0 Å². The van der Waals surface area contributed by atoms with Crippen molar-refractivity contribution in [1.29, 1.82) is 0 Å². The van der Waals surface area contributed by atoms with E-state index in [0.29, 0.717) is 5.56 Å². The Kier molecular flexibility index (Phi) is 5.85. The van der Waals surface area contributed by atoms with Crippen molar-refractivity contribution >= 4 is 14.2 Å². The smallest absolute Gasteiger partial charge is 0.252 e. The van der Waals surface area contributed by atoms with Gasteiger partial charge in [0.15, 0.2) is 26.7 Å². The largest absolute Gasteiger partial charge is 0.414 e. The number of amides is 1. The molecule has 4 rings (SSSR count). The first-order valence-electron chi connectivity index (χ1n) is 11.1. The van der Waals surface area contributed by atoms with Gasteiger partial charge in [0.25, 0.3) is 5.91 Å². The standard InChI is InChI=1S/C23H35NO7Si/c1-21(2,3)32(6,7)27-13-23(24-18(25)14-11-9-8-10-12-14)17-15(28-20(23)26)16-19(29-17)31-22(4,5)30-16/h8-12,15-17,19-20,26H,13H2,1-7H3,(H,24,25)/t15-,16-,17+,19-,20?,23+/m1/s1. The number of nitrogens with one attached hydrogen (secondary N) is 1. The number of carbonyl (C=O) groups is 1. The number of aliphatic hydroxyl groups is 1. The molecule has 0 radical (unpaired) electrons. The van der Waals surface area contributed by atoms with Gasteiger partial charge in [0.05, 0.1) is 6.61 Å². The Morgan fingerprint density at radius 1 is 1.12 bits per heavy atom. The second-order valence-corrected chi connectivity index (χ2v) is 15.7. The Labute approximate surface area is 190 Å². The van der Waals surface area contributed by atoms with Crippen LogP contribution in [-0.2, 0) is 23.4 Å². The van der Waals surface area contributed by atoms with E-state index < -0.39 is 50.5 Å². The summed E-state index contributed by atoms with van der Waals surface area (Å²) in [6.07, 6.45) is -3.78. The minimum atomic E-state index is -2.21. The van der Waals surface area contributed by atoms with Gasteiger partial charge in [-0.15, -0.1) is 0 Å². The van der Waals surface area contributed by atoms with Gasteiger partial charge in [0.1, 0.15) is 23.9 Å². The number of benzene rings is 1. The van der Waals surface area contributed by atoms with Crippen LogP contribution in [0, 0.1) is 0 Å². The van der Waals surface area contributed by atoms with Gasteiger partial charge in [-0.2, -0.15) is 0 Å². The molecular weight excluding hydrogens is 430 g/mol. The summed E-state index contributed by atoms with van der Waals surface area (Å²) in [7, 11) is -2.21. The predicted octanol–water partition coefficient (Wildman–Crippen LogP) is 2.77. The molecular formula is C23H35NO7Si. The van der Waals surface area contributed by atoms with Gasteiger partial charge in [-0.05, 0) is 44.1 Å². The number of hydrogen-bond acceptors (Lipinski definition) is 7. The Morgan fingerprint density at radius 2 is 1.78 bits per heavy atom. The number of aliphatic hydroxyl groups excluding tert-OH is 1. The van der Waals surface area contributed by atoms with Gasteiger partial charge < -0.3 is 33.8 Å². The van der Waals surface area contributed by atoms with Crippen LogP contribution in [0.25, 0.3) is 0 Å². The molecule has 0 bridgehead atoms. The van der Waals surface area contributed by atoms with E-state index in [2.05, 4.69) is 39.2 Å². The summed E-state index contributed by atoms with van der Waals surface area (Å²) < 4.78 is 30.5. The minimum Gasteiger partial charge on any atom is -0.414 e. The Bertz CT molecular complexity index is 856. The molecule has 178 valence electrons. The lowest BCUT2D eigenvalue weighted by atomic mass is 9.90. The Morgan fingerprint density at radius 3 is 2.41 bits per heavy atom. The Hall–Kier alpha value is -1.33. The molecule has 3 fully saturated rings. The molecule has 1 amide bonds. The quantitative estimate of drug-likeness (QED) is 0.646. The summed E-state index contributed by atoms with van der Waals surface area (Å²) in [5, 5.41) is 14.1. The van der Waals surface area contributed by atoms with Gasteiger partial charge in [0.2, 0.25) is 0 Å². The number of hydrogen-bond donors (Lipinski definition) is 2. The van der Waals surface area contributed by atoms with E-state index in [0.717, 1.165) is 0 Å². The highest BCUT2D eigenvalue weighted by molar-refractivity contribution is 6.74. The molecule has 6 atom stereocenters. The molecule has 1 aromatic rings. The summed E-state index contributed by atoms with van der Waals surface area (Å²) >= 11 is 0. The maximum Gasteiger partial charge on any atom is 0.252 e. The molecule has 2 N–H and O–H groups in total. The van der Waals surface area contributed by atoms with Gasteiger partial charge in [-0.1, -0.05) is 39.0 Å². The highest BCUT2D eigenvalue weighted by Gasteiger charge is 2.69. The van der Waals surface area contributed by atoms with Crippen LogP contribution < -0.4 is 5.32 Å². The van der Waals surface area contributed by atoms with E-state index in [1.54, 1.807) is 38.1 Å². The zero-order valence-corrected chi connectivity index (χ0v) is 20.9. The molecule has 0 saturated carbocycles. The molecule has 0 spiro atoms. The van der Waals surface area contributed by atoms with Crippen LogP contribution in [0.4, 0.5) is 0 Å². The molecule has 3 aliphatic rings. The molecule has 9 heteroatoms. The maximum atomic E-state index is 13.2. The van der Waals surface area contributed by atoms with Crippen molar-refractivity contribution < 1.29 is 33.3 Å². The average molecular weight is 466 g/mol. The number of fused-ring (bicyclic) bond motifs is 3. The summed E-state index contributed by atoms with van der Waals surface area (Å²) in [6.45, 7) is 14.3. The van der Waals surface area contributed by atoms with Crippen LogP contribution in [0.5, 0.6) is 0 Å². The second-order valence-electron chi connectivity index (χ2n) is 10.9. The zero-order chi connectivity index (χ0) is 23.5. The van der Waals surface area contributed by atoms with Crippen LogP contribution in [0.3, 0.4) is 0 Å². The van der Waals surface area contributed by atoms with Crippen molar-refractivity contribution in [2.75, 3.05) is 6.61 Å². The lowest BCUT2D eigenvalue weighted by Crippen LogP contribution is -2.65. The molecule has 1 aromatic carbocycles. The summed E-state index contributed by atoms with van der Waals surface area (Å²) in [6, 6.07) is 8.86. The summed E-state index contributed by atoms with van der Waals surface area (Å²) in [5.41, 5.74) is -0.837. The van der Waals surface area contributed by atoms with Gasteiger partial charge in [-0.3, -0.25) is 4.79 Å².